The van der Waals surface area contributed by atoms with Gasteiger partial charge in [-0.25, -0.2) is 14.8 Å². The van der Waals surface area contributed by atoms with E-state index in [4.69, 9.17) is 4.74 Å². The summed E-state index contributed by atoms with van der Waals surface area (Å²) in [4.78, 5) is 21.8. The minimum absolute atomic E-state index is 0.428. The molecule has 3 heterocycles. The van der Waals surface area contributed by atoms with Crippen LogP contribution in [0, 0.1) is 6.92 Å². The first kappa shape index (κ1) is 12.6. The van der Waals surface area contributed by atoms with Crippen LogP contribution < -0.4 is 10.2 Å². The Balaban J connectivity index is 1.82. The van der Waals surface area contributed by atoms with Gasteiger partial charge in [0.2, 0.25) is 0 Å². The van der Waals surface area contributed by atoms with Gasteiger partial charge in [-0.05, 0) is 25.1 Å². The quantitative estimate of drug-likeness (QED) is 0.940. The Labute approximate surface area is 119 Å². The molecule has 3 rings (SSSR count). The molecular formula is C13H12N4O2S. The fraction of sp³-hybridized carbons (Fsp3) is 0.154. The van der Waals surface area contributed by atoms with Crippen LogP contribution in [0.2, 0.25) is 0 Å². The molecule has 2 aromatic heterocycles. The van der Waals surface area contributed by atoms with Gasteiger partial charge < -0.3 is 10.1 Å². The summed E-state index contributed by atoms with van der Waals surface area (Å²) >= 11 is 1.51. The number of amides is 1. The van der Waals surface area contributed by atoms with Crippen LogP contribution in [0.25, 0.3) is 0 Å². The first-order chi connectivity index (χ1) is 9.72. The van der Waals surface area contributed by atoms with Gasteiger partial charge in [0.05, 0.1) is 18.5 Å². The zero-order valence-electron chi connectivity index (χ0n) is 10.7. The standard InChI is InChI=1S/C13H12N4O2S/c1-9-8-20-12(14-9)16-10-4-2-5-11(15-10)17-6-3-7-19-13(17)18/h2-5,7-8H,6H2,1H3,(H,14,15,16). The Morgan fingerprint density at radius 2 is 2.30 bits per heavy atom. The summed E-state index contributed by atoms with van der Waals surface area (Å²) in [5.74, 6) is 1.18. The van der Waals surface area contributed by atoms with Crippen molar-refractivity contribution in [3.8, 4) is 0 Å². The highest BCUT2D eigenvalue weighted by Gasteiger charge is 2.19. The molecule has 0 fully saturated rings. The van der Waals surface area contributed by atoms with Gasteiger partial charge in [-0.1, -0.05) is 6.07 Å². The fourth-order valence-corrected chi connectivity index (χ4v) is 2.44. The predicted octanol–water partition coefficient (Wildman–Crippen LogP) is 3.06. The average molecular weight is 288 g/mol. The van der Waals surface area contributed by atoms with Crippen molar-refractivity contribution in [2.45, 2.75) is 6.92 Å². The Morgan fingerprint density at radius 3 is 3.05 bits per heavy atom. The van der Waals surface area contributed by atoms with Gasteiger partial charge in [0.1, 0.15) is 11.6 Å². The number of nitrogens with zero attached hydrogens (tertiary/aromatic N) is 3. The molecular weight excluding hydrogens is 276 g/mol. The third-order valence-electron chi connectivity index (χ3n) is 2.64. The molecule has 2 aromatic rings. The molecule has 20 heavy (non-hydrogen) atoms. The monoisotopic (exact) mass is 288 g/mol. The first-order valence-electron chi connectivity index (χ1n) is 6.02. The molecule has 1 N–H and O–H groups in total. The molecule has 0 radical (unpaired) electrons. The third kappa shape index (κ3) is 2.62. The van der Waals surface area contributed by atoms with E-state index in [2.05, 4.69) is 15.3 Å². The van der Waals surface area contributed by atoms with Gasteiger partial charge in [-0.15, -0.1) is 11.3 Å². The molecule has 1 aliphatic rings. The minimum atomic E-state index is -0.428. The van der Waals surface area contributed by atoms with E-state index in [1.807, 2.05) is 24.4 Å². The smallest absolute Gasteiger partial charge is 0.418 e. The zero-order valence-corrected chi connectivity index (χ0v) is 11.6. The number of nitrogens with one attached hydrogen (secondary N) is 1. The van der Waals surface area contributed by atoms with Crippen LogP contribution in [0.4, 0.5) is 21.6 Å². The number of thiazole rings is 1. The van der Waals surface area contributed by atoms with Gasteiger partial charge in [0.15, 0.2) is 5.13 Å². The Hall–Kier alpha value is -2.41. The van der Waals surface area contributed by atoms with E-state index < -0.39 is 6.09 Å². The fourth-order valence-electron chi connectivity index (χ4n) is 1.74. The number of hydrogen-bond donors (Lipinski definition) is 1. The van der Waals surface area contributed by atoms with Gasteiger partial charge in [-0.3, -0.25) is 4.90 Å². The van der Waals surface area contributed by atoms with Gasteiger partial charge in [-0.2, -0.15) is 0 Å². The summed E-state index contributed by atoms with van der Waals surface area (Å²) in [5.41, 5.74) is 0.957. The van der Waals surface area contributed by atoms with Crippen LogP contribution in [-0.2, 0) is 4.74 Å². The van der Waals surface area contributed by atoms with Crippen molar-refractivity contribution >= 4 is 34.2 Å². The number of anilines is 3. The lowest BCUT2D eigenvalue weighted by molar-refractivity contribution is 0.190. The molecule has 1 aliphatic heterocycles. The number of ether oxygens (including phenoxy) is 1. The summed E-state index contributed by atoms with van der Waals surface area (Å²) in [6, 6.07) is 5.42. The number of aromatic nitrogens is 2. The topological polar surface area (TPSA) is 67.3 Å². The Bertz CT molecular complexity index is 668. The number of rotatable bonds is 3. The third-order valence-corrected chi connectivity index (χ3v) is 3.51. The largest absolute Gasteiger partial charge is 0.420 e. The molecule has 0 spiro atoms. The van der Waals surface area contributed by atoms with E-state index in [9.17, 15) is 4.79 Å². The number of carbonyl (C=O) groups excluding carboxylic acids is 1. The zero-order chi connectivity index (χ0) is 13.9. The highest BCUT2D eigenvalue weighted by atomic mass is 32.1. The molecule has 6 nitrogen and oxygen atoms in total. The van der Waals surface area contributed by atoms with Crippen molar-refractivity contribution in [2.24, 2.45) is 0 Å². The van der Waals surface area contributed by atoms with E-state index in [-0.39, 0.29) is 0 Å². The van der Waals surface area contributed by atoms with Crippen molar-refractivity contribution < 1.29 is 9.53 Å². The molecule has 7 heteroatoms. The maximum absolute atomic E-state index is 11.6. The van der Waals surface area contributed by atoms with Crippen molar-refractivity contribution in [3.05, 3.63) is 41.6 Å². The Kier molecular flexibility index (Phi) is 3.34. The summed E-state index contributed by atoms with van der Waals surface area (Å²) in [7, 11) is 0. The van der Waals surface area contributed by atoms with Gasteiger partial charge in [0.25, 0.3) is 0 Å². The maximum atomic E-state index is 11.6. The average Bonchev–Trinajstić information content (AvgIpc) is 2.85. The van der Waals surface area contributed by atoms with Crippen LogP contribution in [0.5, 0.6) is 0 Å². The van der Waals surface area contributed by atoms with Crippen molar-refractivity contribution in [3.63, 3.8) is 0 Å². The second-order valence-corrected chi connectivity index (χ2v) is 5.02. The predicted molar refractivity (Wildman–Crippen MR) is 77.3 cm³/mol. The summed E-state index contributed by atoms with van der Waals surface area (Å²) < 4.78 is 4.84. The lowest BCUT2D eigenvalue weighted by atomic mass is 10.4. The summed E-state index contributed by atoms with van der Waals surface area (Å²) in [6.45, 7) is 2.38. The maximum Gasteiger partial charge on any atom is 0.420 e. The number of aryl methyl sites for hydroxylation is 1. The SMILES string of the molecule is Cc1csc(Nc2cccc(N3CC=COC3=O)n2)n1. The molecule has 0 atom stereocenters. The number of carbonyl (C=O) groups is 1. The lowest BCUT2D eigenvalue weighted by Gasteiger charge is -2.21. The van der Waals surface area contributed by atoms with Crippen LogP contribution >= 0.6 is 11.3 Å². The second kappa shape index (κ2) is 5.30. The highest BCUT2D eigenvalue weighted by Crippen LogP contribution is 2.22. The lowest BCUT2D eigenvalue weighted by Crippen LogP contribution is -2.33. The normalized spacial score (nSPS) is 14.2. The van der Waals surface area contributed by atoms with Crippen LogP contribution in [0.15, 0.2) is 35.9 Å². The molecule has 102 valence electrons. The second-order valence-electron chi connectivity index (χ2n) is 4.17. The molecule has 0 bridgehead atoms. The van der Waals surface area contributed by atoms with Crippen molar-refractivity contribution in [1.82, 2.24) is 9.97 Å². The summed E-state index contributed by atoms with van der Waals surface area (Å²) in [6.07, 6.45) is 2.72. The molecule has 0 aliphatic carbocycles. The number of hydrogen-bond acceptors (Lipinski definition) is 6. The van der Waals surface area contributed by atoms with E-state index in [1.165, 1.54) is 22.5 Å². The molecule has 0 unspecified atom stereocenters. The van der Waals surface area contributed by atoms with Gasteiger partial charge >= 0.3 is 6.09 Å². The summed E-state index contributed by atoms with van der Waals surface area (Å²) in [5, 5.41) is 5.85. The highest BCUT2D eigenvalue weighted by molar-refractivity contribution is 7.13. The molecule has 0 saturated carbocycles. The molecule has 0 saturated heterocycles. The number of cyclic esters (lactones) is 1. The van der Waals surface area contributed by atoms with E-state index >= 15 is 0 Å². The van der Waals surface area contributed by atoms with Crippen molar-refractivity contribution in [1.29, 1.82) is 0 Å². The Morgan fingerprint density at radius 1 is 1.40 bits per heavy atom. The van der Waals surface area contributed by atoms with Crippen LogP contribution in [0.1, 0.15) is 5.69 Å². The van der Waals surface area contributed by atoms with E-state index in [0.717, 1.165) is 10.8 Å². The van der Waals surface area contributed by atoms with Crippen molar-refractivity contribution in [2.75, 3.05) is 16.8 Å². The van der Waals surface area contributed by atoms with Gasteiger partial charge in [0, 0.05) is 5.38 Å². The van der Waals surface area contributed by atoms with E-state index in [1.54, 1.807) is 12.1 Å². The minimum Gasteiger partial charge on any atom is -0.418 e. The van der Waals surface area contributed by atoms with Crippen LogP contribution in [-0.4, -0.2) is 22.6 Å². The first-order valence-corrected chi connectivity index (χ1v) is 6.90. The molecule has 0 aromatic carbocycles. The van der Waals surface area contributed by atoms with Crippen LogP contribution in [0.3, 0.4) is 0 Å². The molecule has 1 amide bonds. The van der Waals surface area contributed by atoms with E-state index in [0.29, 0.717) is 18.2 Å². The number of pyridine rings is 1.